The lowest BCUT2D eigenvalue weighted by Crippen LogP contribution is -2.49. The van der Waals surface area contributed by atoms with Crippen molar-refractivity contribution in [2.75, 3.05) is 31.1 Å². The summed E-state index contributed by atoms with van der Waals surface area (Å²) in [5, 5.41) is 17.4. The fraction of sp³-hybridized carbons (Fsp3) is 0.231. The fourth-order valence-corrected chi connectivity index (χ4v) is 4.47. The van der Waals surface area contributed by atoms with E-state index in [2.05, 4.69) is 21.3 Å². The van der Waals surface area contributed by atoms with Crippen molar-refractivity contribution in [1.29, 1.82) is 5.26 Å². The summed E-state index contributed by atoms with van der Waals surface area (Å²) in [5.41, 5.74) is 3.57. The van der Waals surface area contributed by atoms with Crippen LogP contribution in [0.3, 0.4) is 0 Å². The van der Waals surface area contributed by atoms with Gasteiger partial charge in [0.1, 0.15) is 17.9 Å². The molecular weight excluding hydrogens is 428 g/mol. The van der Waals surface area contributed by atoms with Gasteiger partial charge in [0.15, 0.2) is 0 Å². The Kier molecular flexibility index (Phi) is 5.83. The lowest BCUT2D eigenvalue weighted by molar-refractivity contribution is 0.0746. The number of benzene rings is 2. The van der Waals surface area contributed by atoms with Gasteiger partial charge in [-0.25, -0.2) is 4.98 Å². The number of hydrogen-bond acceptors (Lipinski definition) is 6. The van der Waals surface area contributed by atoms with Crippen molar-refractivity contribution in [3.8, 4) is 6.07 Å². The quantitative estimate of drug-likeness (QED) is 0.602. The Balaban J connectivity index is 1.27. The number of pyridine rings is 1. The van der Waals surface area contributed by atoms with Gasteiger partial charge in [0.2, 0.25) is 0 Å². The SMILES string of the molecule is N#Cc1cccnc1N1CCN(C(=O)c2cccc(CC3N=NC(=O)c4ccccc43)c2)CC1. The Morgan fingerprint density at radius 1 is 1.03 bits per heavy atom. The highest BCUT2D eigenvalue weighted by atomic mass is 16.2. The van der Waals surface area contributed by atoms with Gasteiger partial charge >= 0.3 is 0 Å². The Morgan fingerprint density at radius 2 is 1.85 bits per heavy atom. The number of nitrogens with zero attached hydrogens (tertiary/aromatic N) is 6. The van der Waals surface area contributed by atoms with E-state index >= 15 is 0 Å². The molecule has 0 N–H and O–H groups in total. The molecule has 3 heterocycles. The van der Waals surface area contributed by atoms with Crippen molar-refractivity contribution in [2.45, 2.75) is 12.5 Å². The summed E-state index contributed by atoms with van der Waals surface area (Å²) in [4.78, 5) is 33.5. The van der Waals surface area contributed by atoms with Gasteiger partial charge in [0.25, 0.3) is 11.8 Å². The normalized spacial score (nSPS) is 17.3. The van der Waals surface area contributed by atoms with Crippen LogP contribution in [0.1, 0.15) is 43.4 Å². The van der Waals surface area contributed by atoms with Gasteiger partial charge in [-0.3, -0.25) is 9.59 Å². The molecule has 3 aromatic rings. The van der Waals surface area contributed by atoms with Crippen LogP contribution in [0.4, 0.5) is 5.82 Å². The maximum absolute atomic E-state index is 13.2. The largest absolute Gasteiger partial charge is 0.352 e. The van der Waals surface area contributed by atoms with E-state index in [9.17, 15) is 14.9 Å². The first-order valence-corrected chi connectivity index (χ1v) is 11.2. The van der Waals surface area contributed by atoms with Crippen LogP contribution in [0.25, 0.3) is 0 Å². The van der Waals surface area contributed by atoms with E-state index in [-0.39, 0.29) is 17.9 Å². The fourth-order valence-electron chi connectivity index (χ4n) is 4.47. The van der Waals surface area contributed by atoms with Crippen LogP contribution in [0.5, 0.6) is 0 Å². The number of piperazine rings is 1. The first-order chi connectivity index (χ1) is 16.6. The van der Waals surface area contributed by atoms with Crippen molar-refractivity contribution in [3.05, 3.63) is 94.7 Å². The second kappa shape index (κ2) is 9.24. The monoisotopic (exact) mass is 450 g/mol. The average molecular weight is 451 g/mol. The molecule has 1 unspecified atom stereocenters. The predicted octanol–water partition coefficient (Wildman–Crippen LogP) is 3.81. The standard InChI is InChI=1S/C26H22N6O2/c27-17-20-7-4-10-28-24(20)31-11-13-32(14-12-31)26(34)19-6-3-5-18(15-19)16-23-21-8-1-2-9-22(21)25(33)30-29-23/h1-10,15,23H,11-14,16H2. The second-order valence-electron chi connectivity index (χ2n) is 8.29. The molecule has 0 saturated carbocycles. The van der Waals surface area contributed by atoms with E-state index < -0.39 is 0 Å². The van der Waals surface area contributed by atoms with Crippen molar-refractivity contribution in [2.24, 2.45) is 10.2 Å². The van der Waals surface area contributed by atoms with Crippen molar-refractivity contribution >= 4 is 17.6 Å². The molecule has 1 fully saturated rings. The molecule has 5 rings (SSSR count). The van der Waals surface area contributed by atoms with Crippen LogP contribution in [-0.2, 0) is 6.42 Å². The van der Waals surface area contributed by atoms with E-state index in [1.165, 1.54) is 0 Å². The van der Waals surface area contributed by atoms with Gasteiger partial charge in [0, 0.05) is 49.9 Å². The number of azo groups is 1. The molecule has 2 aromatic carbocycles. The molecule has 8 heteroatoms. The van der Waals surface area contributed by atoms with Gasteiger partial charge in [-0.15, -0.1) is 5.11 Å². The molecule has 1 atom stereocenters. The Labute approximate surface area is 197 Å². The lowest BCUT2D eigenvalue weighted by Gasteiger charge is -2.35. The Hall–Kier alpha value is -4.38. The van der Waals surface area contributed by atoms with Crippen LogP contribution in [-0.4, -0.2) is 47.9 Å². The number of amides is 2. The lowest BCUT2D eigenvalue weighted by atomic mass is 9.93. The third kappa shape index (κ3) is 4.16. The molecule has 2 aliphatic rings. The number of aromatic nitrogens is 1. The maximum Gasteiger partial charge on any atom is 0.295 e. The van der Waals surface area contributed by atoms with Gasteiger partial charge in [-0.05, 0) is 41.5 Å². The zero-order valence-corrected chi connectivity index (χ0v) is 18.5. The summed E-state index contributed by atoms with van der Waals surface area (Å²) >= 11 is 0. The number of anilines is 1. The van der Waals surface area contributed by atoms with Crippen LogP contribution >= 0.6 is 0 Å². The van der Waals surface area contributed by atoms with Crippen LogP contribution in [0, 0.1) is 11.3 Å². The van der Waals surface area contributed by atoms with Crippen molar-refractivity contribution in [3.63, 3.8) is 0 Å². The summed E-state index contributed by atoms with van der Waals surface area (Å²) < 4.78 is 0. The third-order valence-electron chi connectivity index (χ3n) is 6.21. The summed E-state index contributed by atoms with van der Waals surface area (Å²) in [7, 11) is 0. The highest BCUT2D eigenvalue weighted by Gasteiger charge is 2.26. The second-order valence-corrected chi connectivity index (χ2v) is 8.29. The van der Waals surface area contributed by atoms with Crippen molar-refractivity contribution < 1.29 is 9.59 Å². The van der Waals surface area contributed by atoms with Crippen LogP contribution in [0.15, 0.2) is 77.1 Å². The van der Waals surface area contributed by atoms with Gasteiger partial charge in [-0.1, -0.05) is 30.3 Å². The van der Waals surface area contributed by atoms with E-state index in [0.717, 1.165) is 11.1 Å². The number of hydrogen-bond donors (Lipinski definition) is 0. The molecule has 34 heavy (non-hydrogen) atoms. The minimum atomic E-state index is -0.317. The average Bonchev–Trinajstić information content (AvgIpc) is 2.90. The summed E-state index contributed by atoms with van der Waals surface area (Å²) in [6.07, 6.45) is 2.23. The number of rotatable bonds is 4. The highest BCUT2D eigenvalue weighted by molar-refractivity contribution is 5.97. The molecule has 0 aliphatic carbocycles. The Morgan fingerprint density at radius 3 is 2.68 bits per heavy atom. The van der Waals surface area contributed by atoms with Crippen LogP contribution in [0.2, 0.25) is 0 Å². The van der Waals surface area contributed by atoms with Gasteiger partial charge in [0.05, 0.1) is 5.56 Å². The number of nitriles is 1. The molecule has 8 nitrogen and oxygen atoms in total. The predicted molar refractivity (Wildman–Crippen MR) is 126 cm³/mol. The molecule has 0 bridgehead atoms. The topological polar surface area (TPSA) is 102 Å². The number of carbonyl (C=O) groups excluding carboxylic acids is 2. The van der Waals surface area contributed by atoms with E-state index in [0.29, 0.717) is 55.1 Å². The van der Waals surface area contributed by atoms with Crippen LogP contribution < -0.4 is 4.90 Å². The summed E-state index contributed by atoms with van der Waals surface area (Å²) in [6.45, 7) is 2.34. The van der Waals surface area contributed by atoms with Crippen molar-refractivity contribution in [1.82, 2.24) is 9.88 Å². The first kappa shape index (κ1) is 21.5. The van der Waals surface area contributed by atoms with Gasteiger partial charge in [-0.2, -0.15) is 10.4 Å². The molecule has 0 radical (unpaired) electrons. The minimum Gasteiger partial charge on any atom is -0.352 e. The molecular formula is C26H22N6O2. The Bertz CT molecular complexity index is 1320. The molecule has 0 spiro atoms. The summed E-state index contributed by atoms with van der Waals surface area (Å²) in [6, 6.07) is 20.4. The molecule has 2 amide bonds. The number of fused-ring (bicyclic) bond motifs is 1. The van der Waals surface area contributed by atoms with E-state index in [4.69, 9.17) is 0 Å². The highest BCUT2D eigenvalue weighted by Crippen LogP contribution is 2.30. The van der Waals surface area contributed by atoms with E-state index in [1.54, 1.807) is 24.4 Å². The third-order valence-corrected chi connectivity index (χ3v) is 6.21. The summed E-state index contributed by atoms with van der Waals surface area (Å²) in [5.74, 6) is 0.325. The molecule has 168 valence electrons. The zero-order valence-electron chi connectivity index (χ0n) is 18.5. The van der Waals surface area contributed by atoms with E-state index in [1.807, 2.05) is 52.3 Å². The smallest absolute Gasteiger partial charge is 0.295 e. The van der Waals surface area contributed by atoms with Gasteiger partial charge < -0.3 is 9.80 Å². The minimum absolute atomic E-state index is 0.0242. The first-order valence-electron chi connectivity index (χ1n) is 11.2. The number of carbonyl (C=O) groups is 2. The maximum atomic E-state index is 13.2. The zero-order chi connectivity index (χ0) is 23.5. The molecule has 1 saturated heterocycles. The molecule has 2 aliphatic heterocycles. The molecule has 1 aromatic heterocycles.